The summed E-state index contributed by atoms with van der Waals surface area (Å²) in [6.07, 6.45) is 3.52. The number of anilines is 2. The summed E-state index contributed by atoms with van der Waals surface area (Å²) >= 11 is 3.39. The molecule has 0 bridgehead atoms. The lowest BCUT2D eigenvalue weighted by molar-refractivity contribution is 1.26. The second kappa shape index (κ2) is 4.98. The molecule has 0 spiro atoms. The molecule has 0 atom stereocenters. The molecule has 3 nitrogen and oxygen atoms in total. The van der Waals surface area contributed by atoms with Gasteiger partial charge in [0.2, 0.25) is 0 Å². The number of rotatable bonds is 2. The Hall–Kier alpha value is -1.86. The largest absolute Gasteiger partial charge is 0.353 e. The Balaban J connectivity index is 2.36. The fraction of sp³-hybridized carbons (Fsp3) is 0.0769. The first kappa shape index (κ1) is 11.6. The quantitative estimate of drug-likeness (QED) is 0.915. The lowest BCUT2D eigenvalue weighted by Crippen LogP contribution is -1.94. The van der Waals surface area contributed by atoms with Crippen LogP contribution in [0.5, 0.6) is 0 Å². The summed E-state index contributed by atoms with van der Waals surface area (Å²) in [6, 6.07) is 9.63. The van der Waals surface area contributed by atoms with Gasteiger partial charge in [-0.2, -0.15) is 5.26 Å². The zero-order valence-corrected chi connectivity index (χ0v) is 10.8. The van der Waals surface area contributed by atoms with Gasteiger partial charge in [0.05, 0.1) is 23.1 Å². The highest BCUT2D eigenvalue weighted by molar-refractivity contribution is 9.10. The molecular formula is C13H10BrN3. The second-order valence-corrected chi connectivity index (χ2v) is 4.59. The number of halogens is 1. The zero-order valence-electron chi connectivity index (χ0n) is 9.24. The Labute approximate surface area is 108 Å². The fourth-order valence-corrected chi connectivity index (χ4v) is 1.86. The van der Waals surface area contributed by atoms with E-state index in [1.165, 1.54) is 0 Å². The first-order valence-corrected chi connectivity index (χ1v) is 5.86. The monoisotopic (exact) mass is 287 g/mol. The Kier molecular flexibility index (Phi) is 3.40. The summed E-state index contributed by atoms with van der Waals surface area (Å²) in [5.74, 6) is 0. The number of nitrogens with zero attached hydrogens (tertiary/aromatic N) is 2. The van der Waals surface area contributed by atoms with E-state index < -0.39 is 0 Å². The van der Waals surface area contributed by atoms with Crippen molar-refractivity contribution in [2.75, 3.05) is 5.32 Å². The third-order valence-electron chi connectivity index (χ3n) is 2.26. The van der Waals surface area contributed by atoms with Gasteiger partial charge in [0.1, 0.15) is 6.07 Å². The highest BCUT2D eigenvalue weighted by atomic mass is 79.9. The Morgan fingerprint density at radius 1 is 1.29 bits per heavy atom. The van der Waals surface area contributed by atoms with Gasteiger partial charge in [-0.25, -0.2) is 0 Å². The number of aryl methyl sites for hydroxylation is 1. The maximum atomic E-state index is 9.02. The van der Waals surface area contributed by atoms with Crippen LogP contribution >= 0.6 is 15.9 Å². The minimum Gasteiger partial charge on any atom is -0.353 e. The van der Waals surface area contributed by atoms with E-state index in [9.17, 15) is 0 Å². The van der Waals surface area contributed by atoms with Crippen molar-refractivity contribution in [3.05, 3.63) is 52.3 Å². The van der Waals surface area contributed by atoms with E-state index in [1.807, 2.05) is 25.1 Å². The van der Waals surface area contributed by atoms with Crippen LogP contribution in [0.15, 0.2) is 41.1 Å². The lowest BCUT2D eigenvalue weighted by Gasteiger charge is -2.08. The molecule has 4 heteroatoms. The zero-order chi connectivity index (χ0) is 12.3. The van der Waals surface area contributed by atoms with Crippen molar-refractivity contribution < 1.29 is 0 Å². The number of hydrogen-bond acceptors (Lipinski definition) is 3. The Bertz CT molecular complexity index is 587. The van der Waals surface area contributed by atoms with E-state index in [0.29, 0.717) is 5.56 Å². The molecule has 1 aromatic carbocycles. The minimum absolute atomic E-state index is 0.606. The normalized spacial score (nSPS) is 9.71. The van der Waals surface area contributed by atoms with E-state index in [-0.39, 0.29) is 0 Å². The van der Waals surface area contributed by atoms with Gasteiger partial charge in [0.25, 0.3) is 0 Å². The van der Waals surface area contributed by atoms with Gasteiger partial charge >= 0.3 is 0 Å². The number of pyridine rings is 1. The predicted molar refractivity (Wildman–Crippen MR) is 71.1 cm³/mol. The number of nitrogens with one attached hydrogen (secondary N) is 1. The van der Waals surface area contributed by atoms with Crippen molar-refractivity contribution >= 4 is 27.3 Å². The number of aromatic nitrogens is 1. The standard InChI is InChI=1S/C13H10BrN3/c1-9-4-12(8-16-7-9)17-13-5-11(14)3-2-10(13)6-15/h2-5,7-8,17H,1H3. The van der Waals surface area contributed by atoms with Gasteiger partial charge in [0, 0.05) is 10.7 Å². The first-order valence-electron chi connectivity index (χ1n) is 5.07. The number of nitriles is 1. The van der Waals surface area contributed by atoms with Crippen LogP contribution in [0.25, 0.3) is 0 Å². The average Bonchev–Trinajstić information content (AvgIpc) is 2.29. The Morgan fingerprint density at radius 2 is 2.12 bits per heavy atom. The van der Waals surface area contributed by atoms with E-state index in [2.05, 4.69) is 32.3 Å². The summed E-state index contributed by atoms with van der Waals surface area (Å²) in [6.45, 7) is 1.98. The van der Waals surface area contributed by atoms with Gasteiger partial charge < -0.3 is 5.32 Å². The van der Waals surface area contributed by atoms with Crippen molar-refractivity contribution in [2.24, 2.45) is 0 Å². The van der Waals surface area contributed by atoms with Crippen molar-refractivity contribution in [1.29, 1.82) is 5.26 Å². The maximum Gasteiger partial charge on any atom is 0.101 e. The lowest BCUT2D eigenvalue weighted by atomic mass is 10.2. The third-order valence-corrected chi connectivity index (χ3v) is 2.75. The minimum atomic E-state index is 0.606. The van der Waals surface area contributed by atoms with E-state index in [0.717, 1.165) is 21.4 Å². The number of benzene rings is 1. The van der Waals surface area contributed by atoms with Crippen LogP contribution in [-0.2, 0) is 0 Å². The molecule has 84 valence electrons. The van der Waals surface area contributed by atoms with Crippen molar-refractivity contribution in [1.82, 2.24) is 4.98 Å². The summed E-state index contributed by atoms with van der Waals surface area (Å²) in [7, 11) is 0. The highest BCUT2D eigenvalue weighted by Crippen LogP contribution is 2.24. The van der Waals surface area contributed by atoms with Crippen molar-refractivity contribution in [2.45, 2.75) is 6.92 Å². The molecule has 1 heterocycles. The summed E-state index contributed by atoms with van der Waals surface area (Å²) < 4.78 is 0.930. The van der Waals surface area contributed by atoms with Crippen molar-refractivity contribution in [3.8, 4) is 6.07 Å². The van der Waals surface area contributed by atoms with Gasteiger partial charge in [0.15, 0.2) is 0 Å². The summed E-state index contributed by atoms with van der Waals surface area (Å²) in [5, 5.41) is 12.2. The van der Waals surface area contributed by atoms with E-state index in [4.69, 9.17) is 5.26 Å². The maximum absolute atomic E-state index is 9.02. The molecule has 0 fully saturated rings. The smallest absolute Gasteiger partial charge is 0.101 e. The van der Waals surface area contributed by atoms with Crippen LogP contribution in [-0.4, -0.2) is 4.98 Å². The molecular weight excluding hydrogens is 278 g/mol. The van der Waals surface area contributed by atoms with Gasteiger partial charge in [-0.1, -0.05) is 15.9 Å². The molecule has 1 aromatic heterocycles. The van der Waals surface area contributed by atoms with Crippen molar-refractivity contribution in [3.63, 3.8) is 0 Å². The molecule has 2 rings (SSSR count). The summed E-state index contributed by atoms with van der Waals surface area (Å²) in [5.41, 5.74) is 3.33. The van der Waals surface area contributed by atoms with Crippen LogP contribution in [0.2, 0.25) is 0 Å². The molecule has 0 amide bonds. The van der Waals surface area contributed by atoms with Gasteiger partial charge in [-0.3, -0.25) is 4.98 Å². The SMILES string of the molecule is Cc1cncc(Nc2cc(Br)ccc2C#N)c1. The molecule has 0 unspecified atom stereocenters. The molecule has 0 aliphatic rings. The van der Waals surface area contributed by atoms with E-state index >= 15 is 0 Å². The van der Waals surface area contributed by atoms with E-state index in [1.54, 1.807) is 18.5 Å². The predicted octanol–water partition coefficient (Wildman–Crippen LogP) is 3.77. The van der Waals surface area contributed by atoms with Gasteiger partial charge in [-0.05, 0) is 36.8 Å². The van der Waals surface area contributed by atoms with Crippen LogP contribution in [0, 0.1) is 18.3 Å². The number of hydrogen-bond donors (Lipinski definition) is 1. The molecule has 0 aliphatic carbocycles. The van der Waals surface area contributed by atoms with Crippen LogP contribution in [0.1, 0.15) is 11.1 Å². The molecule has 0 aliphatic heterocycles. The van der Waals surface area contributed by atoms with Crippen LogP contribution < -0.4 is 5.32 Å². The van der Waals surface area contributed by atoms with Gasteiger partial charge in [-0.15, -0.1) is 0 Å². The second-order valence-electron chi connectivity index (χ2n) is 3.68. The molecule has 1 N–H and O–H groups in total. The topological polar surface area (TPSA) is 48.7 Å². The summed E-state index contributed by atoms with van der Waals surface area (Å²) in [4.78, 5) is 4.10. The van der Waals surface area contributed by atoms with Crippen LogP contribution in [0.4, 0.5) is 11.4 Å². The molecule has 17 heavy (non-hydrogen) atoms. The molecule has 0 saturated heterocycles. The Morgan fingerprint density at radius 3 is 2.82 bits per heavy atom. The fourth-order valence-electron chi connectivity index (χ4n) is 1.50. The third kappa shape index (κ3) is 2.83. The molecule has 0 radical (unpaired) electrons. The highest BCUT2D eigenvalue weighted by Gasteiger charge is 2.03. The first-order chi connectivity index (χ1) is 8.19. The average molecular weight is 288 g/mol. The molecule has 0 saturated carbocycles. The molecule has 2 aromatic rings. The van der Waals surface area contributed by atoms with Crippen LogP contribution in [0.3, 0.4) is 0 Å².